The summed E-state index contributed by atoms with van der Waals surface area (Å²) in [5.41, 5.74) is 2.48. The van der Waals surface area contributed by atoms with Crippen molar-refractivity contribution >= 4 is 22.6 Å². The predicted molar refractivity (Wildman–Crippen MR) is 84.6 cm³/mol. The van der Waals surface area contributed by atoms with Gasteiger partial charge >= 0.3 is 0 Å². The van der Waals surface area contributed by atoms with E-state index in [-0.39, 0.29) is 12.0 Å². The van der Waals surface area contributed by atoms with Crippen LogP contribution in [0.25, 0.3) is 11.0 Å². The van der Waals surface area contributed by atoms with Crippen LogP contribution in [0.15, 0.2) is 24.4 Å². The number of hydrogen-bond acceptors (Lipinski definition) is 6. The number of pyridine rings is 2. The predicted octanol–water partition coefficient (Wildman–Crippen LogP) is 0.686. The van der Waals surface area contributed by atoms with Gasteiger partial charge in [-0.3, -0.25) is 9.78 Å². The number of rotatable bonds is 4. The number of anilines is 1. The van der Waals surface area contributed by atoms with Gasteiger partial charge in [0.2, 0.25) is 11.8 Å². The molecule has 0 spiro atoms. The summed E-state index contributed by atoms with van der Waals surface area (Å²) in [5.74, 6) is 0.669. The highest BCUT2D eigenvalue weighted by Gasteiger charge is 2.31. The number of ether oxygens (including phenoxy) is 2. The number of methoxy groups -OCH3 is 1. The van der Waals surface area contributed by atoms with Crippen molar-refractivity contribution in [1.29, 1.82) is 0 Å². The van der Waals surface area contributed by atoms with E-state index in [1.807, 2.05) is 17.0 Å². The average molecular weight is 314 g/mol. The van der Waals surface area contributed by atoms with Crippen LogP contribution in [0.1, 0.15) is 0 Å². The van der Waals surface area contributed by atoms with Crippen LogP contribution >= 0.6 is 0 Å². The molecule has 0 bridgehead atoms. The summed E-state index contributed by atoms with van der Waals surface area (Å²) in [6.07, 6.45) is 1.99. The van der Waals surface area contributed by atoms with Gasteiger partial charge in [0.25, 0.3) is 0 Å². The third kappa shape index (κ3) is 2.79. The third-order valence-corrected chi connectivity index (χ3v) is 4.23. The first kappa shape index (κ1) is 14.2. The van der Waals surface area contributed by atoms with Gasteiger partial charge in [-0.2, -0.15) is 0 Å². The minimum atomic E-state index is 0.125. The maximum absolute atomic E-state index is 12.4. The minimum Gasteiger partial charge on any atom is -0.481 e. The first-order chi connectivity index (χ1) is 11.2. The van der Waals surface area contributed by atoms with E-state index in [9.17, 15) is 4.79 Å². The molecule has 0 aromatic carbocycles. The largest absolute Gasteiger partial charge is 0.481 e. The molecule has 7 heteroatoms. The molecule has 4 heterocycles. The molecule has 0 saturated carbocycles. The zero-order valence-corrected chi connectivity index (χ0v) is 12.9. The van der Waals surface area contributed by atoms with Gasteiger partial charge in [0.1, 0.15) is 5.52 Å². The standard InChI is InChI=1S/C16H18N4O3/c1-22-14-3-2-12-16(18-14)13(4-5-17-12)19-6-7-20(15(21)9-19)8-11-10-23-11/h2-5,11H,6-10H2,1H3. The summed E-state index contributed by atoms with van der Waals surface area (Å²) in [7, 11) is 1.59. The Morgan fingerprint density at radius 3 is 2.96 bits per heavy atom. The minimum absolute atomic E-state index is 0.125. The lowest BCUT2D eigenvalue weighted by Crippen LogP contribution is -2.51. The summed E-state index contributed by atoms with van der Waals surface area (Å²) in [6.45, 7) is 3.30. The van der Waals surface area contributed by atoms with Gasteiger partial charge in [-0.05, 0) is 12.1 Å². The number of hydrogen-bond donors (Lipinski definition) is 0. The summed E-state index contributed by atoms with van der Waals surface area (Å²) >= 11 is 0. The molecule has 1 atom stereocenters. The van der Waals surface area contributed by atoms with Crippen molar-refractivity contribution in [1.82, 2.24) is 14.9 Å². The molecule has 2 aliphatic heterocycles. The van der Waals surface area contributed by atoms with Crippen molar-refractivity contribution in [2.75, 3.05) is 44.8 Å². The van der Waals surface area contributed by atoms with Crippen LogP contribution in [-0.2, 0) is 9.53 Å². The van der Waals surface area contributed by atoms with E-state index >= 15 is 0 Å². The van der Waals surface area contributed by atoms with Crippen LogP contribution in [0, 0.1) is 0 Å². The fourth-order valence-corrected chi connectivity index (χ4v) is 2.89. The molecule has 7 nitrogen and oxygen atoms in total. The molecule has 120 valence electrons. The lowest BCUT2D eigenvalue weighted by atomic mass is 10.2. The molecular weight excluding hydrogens is 296 g/mol. The summed E-state index contributed by atoms with van der Waals surface area (Å²) < 4.78 is 10.4. The molecule has 4 rings (SSSR count). The highest BCUT2D eigenvalue weighted by Crippen LogP contribution is 2.27. The normalized spacial score (nSPS) is 20.9. The van der Waals surface area contributed by atoms with Crippen molar-refractivity contribution in [2.45, 2.75) is 6.10 Å². The Morgan fingerprint density at radius 1 is 1.35 bits per heavy atom. The average Bonchev–Trinajstić information content (AvgIpc) is 3.40. The Kier molecular flexibility index (Phi) is 3.49. The number of carbonyl (C=O) groups excluding carboxylic acids is 1. The van der Waals surface area contributed by atoms with Crippen LogP contribution in [0.5, 0.6) is 5.88 Å². The molecule has 1 amide bonds. The van der Waals surface area contributed by atoms with Gasteiger partial charge in [0, 0.05) is 31.9 Å². The number of amides is 1. The van der Waals surface area contributed by atoms with Gasteiger partial charge in [-0.1, -0.05) is 0 Å². The Morgan fingerprint density at radius 2 is 2.22 bits per heavy atom. The summed E-state index contributed by atoms with van der Waals surface area (Å²) in [6, 6.07) is 5.58. The van der Waals surface area contributed by atoms with Crippen molar-refractivity contribution in [2.24, 2.45) is 0 Å². The van der Waals surface area contributed by atoms with E-state index < -0.39 is 0 Å². The third-order valence-electron chi connectivity index (χ3n) is 4.23. The molecule has 1 unspecified atom stereocenters. The van der Waals surface area contributed by atoms with Crippen LogP contribution in [0.3, 0.4) is 0 Å². The number of fused-ring (bicyclic) bond motifs is 1. The number of aromatic nitrogens is 2. The van der Waals surface area contributed by atoms with E-state index in [2.05, 4.69) is 14.9 Å². The molecule has 0 radical (unpaired) electrons. The molecule has 2 aromatic rings. The summed E-state index contributed by atoms with van der Waals surface area (Å²) in [5, 5.41) is 0. The van der Waals surface area contributed by atoms with Crippen molar-refractivity contribution < 1.29 is 14.3 Å². The fourth-order valence-electron chi connectivity index (χ4n) is 2.89. The molecule has 0 N–H and O–H groups in total. The number of piperazine rings is 1. The Balaban J connectivity index is 1.60. The van der Waals surface area contributed by atoms with E-state index in [0.29, 0.717) is 25.5 Å². The lowest BCUT2D eigenvalue weighted by Gasteiger charge is -2.35. The maximum Gasteiger partial charge on any atom is 0.242 e. The van der Waals surface area contributed by atoms with E-state index in [4.69, 9.17) is 9.47 Å². The zero-order valence-electron chi connectivity index (χ0n) is 12.9. The number of nitrogens with zero attached hydrogens (tertiary/aromatic N) is 4. The summed E-state index contributed by atoms with van der Waals surface area (Å²) in [4.78, 5) is 25.1. The molecular formula is C16H18N4O3. The highest BCUT2D eigenvalue weighted by atomic mass is 16.6. The number of epoxide rings is 1. The van der Waals surface area contributed by atoms with Gasteiger partial charge in [-0.25, -0.2) is 4.98 Å². The lowest BCUT2D eigenvalue weighted by molar-refractivity contribution is -0.131. The van der Waals surface area contributed by atoms with E-state index in [0.717, 1.165) is 29.9 Å². The monoisotopic (exact) mass is 314 g/mol. The first-order valence-corrected chi connectivity index (χ1v) is 7.68. The van der Waals surface area contributed by atoms with Crippen molar-refractivity contribution in [3.8, 4) is 5.88 Å². The maximum atomic E-state index is 12.4. The Hall–Kier alpha value is -2.41. The van der Waals surface area contributed by atoms with Gasteiger partial charge in [0.15, 0.2) is 0 Å². The fraction of sp³-hybridized carbons (Fsp3) is 0.438. The zero-order chi connectivity index (χ0) is 15.8. The van der Waals surface area contributed by atoms with Gasteiger partial charge < -0.3 is 19.3 Å². The topological polar surface area (TPSA) is 71.1 Å². The first-order valence-electron chi connectivity index (χ1n) is 7.68. The van der Waals surface area contributed by atoms with Gasteiger partial charge in [-0.15, -0.1) is 0 Å². The SMILES string of the molecule is COc1ccc2nccc(N3CCN(CC4CO4)C(=O)C3)c2n1. The second-order valence-corrected chi connectivity index (χ2v) is 5.77. The van der Waals surface area contributed by atoms with E-state index in [1.165, 1.54) is 0 Å². The molecule has 2 saturated heterocycles. The molecule has 23 heavy (non-hydrogen) atoms. The quantitative estimate of drug-likeness (QED) is 0.773. The Bertz CT molecular complexity index is 747. The molecule has 0 aliphatic carbocycles. The van der Waals surface area contributed by atoms with E-state index in [1.54, 1.807) is 19.4 Å². The van der Waals surface area contributed by atoms with Crippen LogP contribution < -0.4 is 9.64 Å². The molecule has 2 fully saturated rings. The molecule has 2 aromatic heterocycles. The molecule has 2 aliphatic rings. The highest BCUT2D eigenvalue weighted by molar-refractivity contribution is 5.91. The number of carbonyl (C=O) groups is 1. The van der Waals surface area contributed by atoms with Crippen molar-refractivity contribution in [3.63, 3.8) is 0 Å². The van der Waals surface area contributed by atoms with Gasteiger partial charge in [0.05, 0.1) is 37.6 Å². The Labute approximate surface area is 133 Å². The van der Waals surface area contributed by atoms with Crippen LogP contribution in [-0.4, -0.2) is 66.8 Å². The second-order valence-electron chi connectivity index (χ2n) is 5.77. The second kappa shape index (κ2) is 5.66. The smallest absolute Gasteiger partial charge is 0.242 e. The van der Waals surface area contributed by atoms with Crippen LogP contribution in [0.4, 0.5) is 5.69 Å². The van der Waals surface area contributed by atoms with Crippen molar-refractivity contribution in [3.05, 3.63) is 24.4 Å². The van der Waals surface area contributed by atoms with Crippen LogP contribution in [0.2, 0.25) is 0 Å².